The van der Waals surface area contributed by atoms with Gasteiger partial charge in [-0.1, -0.05) is 46.8 Å². The minimum Gasteiger partial charge on any atom is -0.493 e. The molecule has 0 amide bonds. The third-order valence-corrected chi connectivity index (χ3v) is 6.78. The highest BCUT2D eigenvalue weighted by molar-refractivity contribution is 5.42. The van der Waals surface area contributed by atoms with Crippen molar-refractivity contribution >= 4 is 0 Å². The molecule has 3 heterocycles. The van der Waals surface area contributed by atoms with E-state index in [9.17, 15) is 0 Å². The number of fused-ring (bicyclic) bond motifs is 2. The molecular weight excluding hydrogens is 332 g/mol. The third kappa shape index (κ3) is 3.53. The van der Waals surface area contributed by atoms with E-state index in [2.05, 4.69) is 63.6 Å². The number of hydrogen-bond donors (Lipinski definition) is 0. The highest BCUT2D eigenvalue weighted by atomic mass is 16.5. The van der Waals surface area contributed by atoms with Gasteiger partial charge in [-0.25, -0.2) is 0 Å². The van der Waals surface area contributed by atoms with Crippen LogP contribution >= 0.6 is 0 Å². The fourth-order valence-electron chi connectivity index (χ4n) is 4.70. The Morgan fingerprint density at radius 2 is 1.96 bits per heavy atom. The number of ether oxygens (including phenoxy) is 1. The van der Waals surface area contributed by atoms with Gasteiger partial charge < -0.3 is 4.74 Å². The van der Waals surface area contributed by atoms with Crippen LogP contribution in [0.5, 0.6) is 5.75 Å². The highest BCUT2D eigenvalue weighted by Gasteiger charge is 2.32. The predicted octanol–water partition coefficient (Wildman–Crippen LogP) is 5.44. The van der Waals surface area contributed by atoms with Crippen LogP contribution in [0.15, 0.2) is 24.3 Å². The third-order valence-electron chi connectivity index (χ3n) is 6.78. The highest BCUT2D eigenvalue weighted by Crippen LogP contribution is 2.40. The van der Waals surface area contributed by atoms with Crippen molar-refractivity contribution in [3.05, 3.63) is 46.8 Å². The van der Waals surface area contributed by atoms with E-state index in [1.807, 2.05) is 0 Å². The summed E-state index contributed by atoms with van der Waals surface area (Å²) < 4.78 is 8.00. The Kier molecular flexibility index (Phi) is 4.60. The SMILES string of the molecule is CCC(C)(CC1CCc2cc(C(C)(C)C)nn2C1)c1ccc2c(c1)CCO2. The lowest BCUT2D eigenvalue weighted by molar-refractivity contribution is 0.255. The van der Waals surface area contributed by atoms with Crippen LogP contribution in [0.25, 0.3) is 0 Å². The van der Waals surface area contributed by atoms with Gasteiger partial charge in [-0.2, -0.15) is 5.10 Å². The van der Waals surface area contributed by atoms with Crippen molar-refractivity contribution < 1.29 is 4.74 Å². The van der Waals surface area contributed by atoms with Crippen LogP contribution in [0.1, 0.15) is 76.4 Å². The van der Waals surface area contributed by atoms with E-state index in [0.717, 1.165) is 31.7 Å². The molecule has 3 nitrogen and oxygen atoms in total. The van der Waals surface area contributed by atoms with Crippen molar-refractivity contribution in [2.24, 2.45) is 5.92 Å². The van der Waals surface area contributed by atoms with Gasteiger partial charge in [0.2, 0.25) is 0 Å². The van der Waals surface area contributed by atoms with E-state index in [-0.39, 0.29) is 10.8 Å². The molecule has 0 fully saturated rings. The topological polar surface area (TPSA) is 27.1 Å². The Bertz CT molecular complexity index is 829. The van der Waals surface area contributed by atoms with Gasteiger partial charge in [-0.05, 0) is 60.3 Å². The first-order valence-electron chi connectivity index (χ1n) is 10.6. The monoisotopic (exact) mass is 366 g/mol. The van der Waals surface area contributed by atoms with Gasteiger partial charge in [0.1, 0.15) is 5.75 Å². The number of rotatable bonds is 4. The summed E-state index contributed by atoms with van der Waals surface area (Å²) in [7, 11) is 0. The molecule has 0 saturated heterocycles. The van der Waals surface area contributed by atoms with Crippen LogP contribution in [0.3, 0.4) is 0 Å². The average Bonchev–Trinajstić information content (AvgIpc) is 3.26. The van der Waals surface area contributed by atoms with E-state index < -0.39 is 0 Å². The molecule has 27 heavy (non-hydrogen) atoms. The van der Waals surface area contributed by atoms with Crippen LogP contribution in [0.2, 0.25) is 0 Å². The minimum atomic E-state index is 0.129. The van der Waals surface area contributed by atoms with E-state index in [4.69, 9.17) is 9.84 Å². The summed E-state index contributed by atoms with van der Waals surface area (Å²) in [6.45, 7) is 13.4. The maximum Gasteiger partial charge on any atom is 0.122 e. The number of hydrogen-bond acceptors (Lipinski definition) is 2. The Labute approximate surface area is 164 Å². The van der Waals surface area contributed by atoms with Crippen LogP contribution < -0.4 is 4.74 Å². The molecule has 0 bridgehead atoms. The summed E-state index contributed by atoms with van der Waals surface area (Å²) in [6.07, 6.45) is 5.89. The summed E-state index contributed by atoms with van der Waals surface area (Å²) in [5.74, 6) is 1.78. The molecule has 2 unspecified atom stereocenters. The predicted molar refractivity (Wildman–Crippen MR) is 111 cm³/mol. The van der Waals surface area contributed by atoms with E-state index in [1.165, 1.54) is 41.8 Å². The van der Waals surface area contributed by atoms with Crippen molar-refractivity contribution in [3.63, 3.8) is 0 Å². The van der Waals surface area contributed by atoms with Gasteiger partial charge in [0.25, 0.3) is 0 Å². The molecule has 0 N–H and O–H groups in total. The Balaban J connectivity index is 1.53. The zero-order valence-corrected chi connectivity index (χ0v) is 17.6. The molecule has 4 rings (SSSR count). The lowest BCUT2D eigenvalue weighted by atomic mass is 9.71. The van der Waals surface area contributed by atoms with Gasteiger partial charge in [-0.3, -0.25) is 4.68 Å². The first-order chi connectivity index (χ1) is 12.8. The summed E-state index contributed by atoms with van der Waals surface area (Å²) in [4.78, 5) is 0. The molecule has 2 aromatic rings. The second-order valence-corrected chi connectivity index (χ2v) is 9.90. The lowest BCUT2D eigenvalue weighted by Gasteiger charge is -2.35. The van der Waals surface area contributed by atoms with Crippen LogP contribution in [0.4, 0.5) is 0 Å². The van der Waals surface area contributed by atoms with Crippen LogP contribution in [-0.2, 0) is 30.2 Å². The standard InChI is InChI=1S/C24H34N2O/c1-6-24(5,19-8-10-21-18(13-19)11-12-27-21)15-17-7-9-20-14-22(23(2,3)4)25-26(20)16-17/h8,10,13-14,17H,6-7,9,11-12,15-16H2,1-5H3. The van der Waals surface area contributed by atoms with Gasteiger partial charge in [0.05, 0.1) is 12.3 Å². The molecule has 2 aliphatic rings. The molecule has 146 valence electrons. The first kappa shape index (κ1) is 18.6. The molecule has 0 radical (unpaired) electrons. The van der Waals surface area contributed by atoms with Gasteiger partial charge in [0, 0.05) is 24.1 Å². The van der Waals surface area contributed by atoms with Crippen molar-refractivity contribution in [3.8, 4) is 5.75 Å². The fraction of sp³-hybridized carbons (Fsp3) is 0.625. The quantitative estimate of drug-likeness (QED) is 0.721. The molecule has 3 heteroatoms. The van der Waals surface area contributed by atoms with E-state index in [0.29, 0.717) is 5.92 Å². The molecule has 2 aliphatic heterocycles. The number of nitrogens with zero attached hydrogens (tertiary/aromatic N) is 2. The molecule has 1 aromatic carbocycles. The van der Waals surface area contributed by atoms with Crippen molar-refractivity contribution in [1.82, 2.24) is 9.78 Å². The maximum atomic E-state index is 5.71. The van der Waals surface area contributed by atoms with Crippen LogP contribution in [-0.4, -0.2) is 16.4 Å². The lowest BCUT2D eigenvalue weighted by Crippen LogP contribution is -2.30. The Morgan fingerprint density at radius 1 is 1.15 bits per heavy atom. The van der Waals surface area contributed by atoms with Gasteiger partial charge in [-0.15, -0.1) is 0 Å². The molecular formula is C24H34N2O. The van der Waals surface area contributed by atoms with E-state index >= 15 is 0 Å². The van der Waals surface area contributed by atoms with Gasteiger partial charge >= 0.3 is 0 Å². The maximum absolute atomic E-state index is 5.71. The number of benzene rings is 1. The zero-order valence-electron chi connectivity index (χ0n) is 17.6. The first-order valence-corrected chi connectivity index (χ1v) is 10.6. The minimum absolute atomic E-state index is 0.129. The summed E-state index contributed by atoms with van der Waals surface area (Å²) >= 11 is 0. The number of aromatic nitrogens is 2. The zero-order chi connectivity index (χ0) is 19.2. The average molecular weight is 367 g/mol. The largest absolute Gasteiger partial charge is 0.493 e. The molecule has 0 saturated carbocycles. The second kappa shape index (κ2) is 6.68. The van der Waals surface area contributed by atoms with Crippen molar-refractivity contribution in [2.75, 3.05) is 6.61 Å². The summed E-state index contributed by atoms with van der Waals surface area (Å²) in [5, 5.41) is 4.95. The Hall–Kier alpha value is -1.77. The van der Waals surface area contributed by atoms with E-state index in [1.54, 1.807) is 0 Å². The molecule has 2 atom stereocenters. The normalized spacial score (nSPS) is 21.3. The fourth-order valence-corrected chi connectivity index (χ4v) is 4.70. The molecule has 0 spiro atoms. The molecule has 1 aromatic heterocycles. The second-order valence-electron chi connectivity index (χ2n) is 9.90. The number of aryl methyl sites for hydroxylation is 1. The van der Waals surface area contributed by atoms with Crippen LogP contribution in [0, 0.1) is 5.92 Å². The molecule has 0 aliphatic carbocycles. The van der Waals surface area contributed by atoms with Crippen molar-refractivity contribution in [2.45, 2.75) is 84.1 Å². The van der Waals surface area contributed by atoms with Crippen molar-refractivity contribution in [1.29, 1.82) is 0 Å². The smallest absolute Gasteiger partial charge is 0.122 e. The van der Waals surface area contributed by atoms with Gasteiger partial charge in [0.15, 0.2) is 0 Å². The Morgan fingerprint density at radius 3 is 2.70 bits per heavy atom. The summed E-state index contributed by atoms with van der Waals surface area (Å²) in [5.41, 5.74) is 5.87. The summed E-state index contributed by atoms with van der Waals surface area (Å²) in [6, 6.07) is 9.22.